The first kappa shape index (κ1) is 19.0. The third-order valence-corrected chi connectivity index (χ3v) is 4.74. The highest BCUT2D eigenvalue weighted by Gasteiger charge is 2.27. The number of benzene rings is 2. The Balaban J connectivity index is 1.46. The molecule has 1 aromatic heterocycles. The fourth-order valence-electron chi connectivity index (χ4n) is 3.33. The molecule has 2 unspecified atom stereocenters. The Kier molecular flexibility index (Phi) is 5.48. The highest BCUT2D eigenvalue weighted by molar-refractivity contribution is 6.02. The van der Waals surface area contributed by atoms with Crippen molar-refractivity contribution in [3.05, 3.63) is 83.8 Å². The van der Waals surface area contributed by atoms with E-state index < -0.39 is 0 Å². The first-order chi connectivity index (χ1) is 14.1. The van der Waals surface area contributed by atoms with Crippen LogP contribution in [0, 0.1) is 5.82 Å². The molecule has 3 aromatic rings. The van der Waals surface area contributed by atoms with Gasteiger partial charge in [0.25, 0.3) is 5.91 Å². The van der Waals surface area contributed by atoms with Crippen molar-refractivity contribution >= 4 is 17.4 Å². The molecule has 0 spiro atoms. The number of hydrogen-bond acceptors (Lipinski definition) is 5. The minimum absolute atomic E-state index is 0.0262. The number of rotatable bonds is 4. The molecule has 0 saturated carbocycles. The number of aromatic nitrogens is 2. The van der Waals surface area contributed by atoms with Gasteiger partial charge >= 0.3 is 0 Å². The molecule has 29 heavy (non-hydrogen) atoms. The van der Waals surface area contributed by atoms with Gasteiger partial charge in [-0.25, -0.2) is 4.39 Å². The molecule has 1 saturated heterocycles. The van der Waals surface area contributed by atoms with Crippen LogP contribution in [0.15, 0.2) is 66.7 Å². The molecule has 148 valence electrons. The summed E-state index contributed by atoms with van der Waals surface area (Å²) in [6, 6.07) is 19.0. The number of para-hydroxylation sites is 1. The van der Waals surface area contributed by atoms with Crippen LogP contribution >= 0.6 is 0 Å². The van der Waals surface area contributed by atoms with Crippen molar-refractivity contribution < 1.29 is 13.9 Å². The predicted molar refractivity (Wildman–Crippen MR) is 108 cm³/mol. The van der Waals surface area contributed by atoms with Crippen LogP contribution in [0.2, 0.25) is 0 Å². The number of carbonyl (C=O) groups is 1. The topological polar surface area (TPSA) is 67.4 Å². The standard InChI is InChI=1S/C22H21FN4O2/c1-15-13-27(14-20(29-15)16-7-9-17(23)10-8-16)21-12-11-19(25-26-21)22(28)24-18-5-3-2-4-6-18/h2-12,15,20H,13-14H2,1H3,(H,24,28). The molecule has 1 fully saturated rings. The molecular weight excluding hydrogens is 371 g/mol. The summed E-state index contributed by atoms with van der Waals surface area (Å²) >= 11 is 0. The van der Waals surface area contributed by atoms with Gasteiger partial charge in [0.15, 0.2) is 11.5 Å². The Hall–Kier alpha value is -3.32. The monoisotopic (exact) mass is 392 g/mol. The van der Waals surface area contributed by atoms with Crippen LogP contribution in [0.3, 0.4) is 0 Å². The summed E-state index contributed by atoms with van der Waals surface area (Å²) in [4.78, 5) is 14.4. The van der Waals surface area contributed by atoms with E-state index in [-0.39, 0.29) is 29.6 Å². The van der Waals surface area contributed by atoms with Gasteiger partial charge in [-0.15, -0.1) is 10.2 Å². The number of morpholine rings is 1. The Morgan fingerprint density at radius 2 is 1.79 bits per heavy atom. The van der Waals surface area contributed by atoms with Crippen molar-refractivity contribution in [2.75, 3.05) is 23.3 Å². The van der Waals surface area contributed by atoms with Crippen molar-refractivity contribution in [2.24, 2.45) is 0 Å². The van der Waals surface area contributed by atoms with E-state index in [4.69, 9.17) is 4.74 Å². The second-order valence-electron chi connectivity index (χ2n) is 6.99. The van der Waals surface area contributed by atoms with Crippen LogP contribution in [-0.2, 0) is 4.74 Å². The average Bonchev–Trinajstić information content (AvgIpc) is 2.74. The molecule has 0 aliphatic carbocycles. The lowest BCUT2D eigenvalue weighted by Crippen LogP contribution is -2.43. The molecule has 1 N–H and O–H groups in total. The Labute approximate surface area is 168 Å². The molecule has 1 aliphatic heterocycles. The molecule has 0 radical (unpaired) electrons. The van der Waals surface area contributed by atoms with E-state index in [0.717, 1.165) is 5.56 Å². The number of anilines is 2. The van der Waals surface area contributed by atoms with Gasteiger partial charge < -0.3 is 15.0 Å². The van der Waals surface area contributed by atoms with Gasteiger partial charge in [0.05, 0.1) is 6.10 Å². The minimum atomic E-state index is -0.310. The molecule has 2 heterocycles. The van der Waals surface area contributed by atoms with Gasteiger partial charge in [-0.2, -0.15) is 0 Å². The summed E-state index contributed by atoms with van der Waals surface area (Å²) in [6.45, 7) is 3.21. The zero-order valence-corrected chi connectivity index (χ0v) is 16.0. The van der Waals surface area contributed by atoms with E-state index in [1.165, 1.54) is 12.1 Å². The first-order valence-corrected chi connectivity index (χ1v) is 9.44. The van der Waals surface area contributed by atoms with Crippen molar-refractivity contribution in [2.45, 2.75) is 19.1 Å². The smallest absolute Gasteiger partial charge is 0.276 e. The average molecular weight is 392 g/mol. The van der Waals surface area contributed by atoms with E-state index >= 15 is 0 Å². The van der Waals surface area contributed by atoms with Crippen LogP contribution < -0.4 is 10.2 Å². The number of amides is 1. The Morgan fingerprint density at radius 1 is 1.03 bits per heavy atom. The fourth-order valence-corrected chi connectivity index (χ4v) is 3.33. The van der Waals surface area contributed by atoms with Gasteiger partial charge in [0.1, 0.15) is 11.9 Å². The van der Waals surface area contributed by atoms with E-state index in [0.29, 0.717) is 24.6 Å². The number of nitrogens with zero attached hydrogens (tertiary/aromatic N) is 3. The quantitative estimate of drug-likeness (QED) is 0.731. The maximum Gasteiger partial charge on any atom is 0.276 e. The minimum Gasteiger partial charge on any atom is -0.367 e. The summed E-state index contributed by atoms with van der Waals surface area (Å²) in [7, 11) is 0. The number of hydrogen-bond donors (Lipinski definition) is 1. The lowest BCUT2D eigenvalue weighted by Gasteiger charge is -2.37. The van der Waals surface area contributed by atoms with Crippen LogP contribution in [0.25, 0.3) is 0 Å². The van der Waals surface area contributed by atoms with Crippen molar-refractivity contribution in [3.8, 4) is 0 Å². The maximum atomic E-state index is 13.2. The van der Waals surface area contributed by atoms with E-state index in [1.54, 1.807) is 24.3 Å². The second-order valence-corrected chi connectivity index (χ2v) is 6.99. The Morgan fingerprint density at radius 3 is 2.48 bits per heavy atom. The number of ether oxygens (including phenoxy) is 1. The first-order valence-electron chi connectivity index (χ1n) is 9.44. The SMILES string of the molecule is CC1CN(c2ccc(C(=O)Nc3ccccc3)nn2)CC(c2ccc(F)cc2)O1. The van der Waals surface area contributed by atoms with Gasteiger partial charge in [-0.1, -0.05) is 30.3 Å². The summed E-state index contributed by atoms with van der Waals surface area (Å²) in [5.41, 5.74) is 1.86. The van der Waals surface area contributed by atoms with E-state index in [9.17, 15) is 9.18 Å². The zero-order valence-electron chi connectivity index (χ0n) is 16.0. The lowest BCUT2D eigenvalue weighted by molar-refractivity contribution is -0.0176. The maximum absolute atomic E-state index is 13.2. The third kappa shape index (κ3) is 4.57. The fraction of sp³-hybridized carbons (Fsp3) is 0.227. The summed E-state index contributed by atoms with van der Waals surface area (Å²) in [6.07, 6.45) is -0.219. The van der Waals surface area contributed by atoms with E-state index in [2.05, 4.69) is 20.4 Å². The van der Waals surface area contributed by atoms with Crippen LogP contribution in [-0.4, -0.2) is 35.3 Å². The van der Waals surface area contributed by atoms with Crippen LogP contribution in [0.4, 0.5) is 15.9 Å². The normalized spacial score (nSPS) is 19.0. The number of carbonyl (C=O) groups excluding carboxylic acids is 1. The molecule has 2 aromatic carbocycles. The summed E-state index contributed by atoms with van der Waals surface area (Å²) < 4.78 is 19.2. The molecular formula is C22H21FN4O2. The molecule has 1 aliphatic rings. The van der Waals surface area contributed by atoms with Crippen molar-refractivity contribution in [1.29, 1.82) is 0 Å². The molecule has 2 atom stereocenters. The Bertz CT molecular complexity index is 964. The van der Waals surface area contributed by atoms with Crippen molar-refractivity contribution in [1.82, 2.24) is 10.2 Å². The zero-order chi connectivity index (χ0) is 20.2. The van der Waals surface area contributed by atoms with E-state index in [1.807, 2.05) is 37.3 Å². The number of halogens is 1. The van der Waals surface area contributed by atoms with Gasteiger partial charge in [0, 0.05) is 18.8 Å². The molecule has 4 rings (SSSR count). The lowest BCUT2D eigenvalue weighted by atomic mass is 10.1. The predicted octanol–water partition coefficient (Wildman–Crippen LogP) is 3.83. The van der Waals surface area contributed by atoms with Crippen LogP contribution in [0.5, 0.6) is 0 Å². The third-order valence-electron chi connectivity index (χ3n) is 4.74. The number of nitrogens with one attached hydrogen (secondary N) is 1. The van der Waals surface area contributed by atoms with Gasteiger partial charge in [-0.3, -0.25) is 4.79 Å². The molecule has 7 heteroatoms. The summed E-state index contributed by atoms with van der Waals surface area (Å²) in [5, 5.41) is 11.1. The van der Waals surface area contributed by atoms with Crippen LogP contribution in [0.1, 0.15) is 29.1 Å². The van der Waals surface area contributed by atoms with Gasteiger partial charge in [0.2, 0.25) is 0 Å². The summed E-state index contributed by atoms with van der Waals surface area (Å²) in [5.74, 6) is 0.0861. The highest BCUT2D eigenvalue weighted by atomic mass is 19.1. The molecule has 6 nitrogen and oxygen atoms in total. The highest BCUT2D eigenvalue weighted by Crippen LogP contribution is 2.27. The largest absolute Gasteiger partial charge is 0.367 e. The van der Waals surface area contributed by atoms with Crippen molar-refractivity contribution in [3.63, 3.8) is 0 Å². The molecule has 1 amide bonds. The molecule has 0 bridgehead atoms. The second kappa shape index (κ2) is 8.36. The van der Waals surface area contributed by atoms with Gasteiger partial charge in [-0.05, 0) is 48.9 Å².